The van der Waals surface area contributed by atoms with E-state index in [-0.39, 0.29) is 0 Å². The second kappa shape index (κ2) is 6.61. The molecule has 0 amide bonds. The second-order valence-corrected chi connectivity index (χ2v) is 7.63. The Bertz CT molecular complexity index is 1080. The fraction of sp³-hybridized carbons (Fsp3) is 0.158. The van der Waals surface area contributed by atoms with Crippen LogP contribution in [0.1, 0.15) is 12.6 Å². The number of thiazole rings is 1. The van der Waals surface area contributed by atoms with E-state index in [1.54, 1.807) is 11.3 Å². The van der Waals surface area contributed by atoms with Crippen LogP contribution in [-0.4, -0.2) is 16.6 Å². The lowest BCUT2D eigenvalue weighted by molar-refractivity contribution is 0.340. The average Bonchev–Trinajstić information content (AvgIpc) is 2.97. The Morgan fingerprint density at radius 2 is 1.92 bits per heavy atom. The Hall–Kier alpha value is -2.18. The molecule has 25 heavy (non-hydrogen) atoms. The van der Waals surface area contributed by atoms with Crippen LogP contribution in [0.25, 0.3) is 21.1 Å². The molecular weight excluding hydrogens is 398 g/mol. The van der Waals surface area contributed by atoms with Crippen molar-refractivity contribution >= 4 is 59.2 Å². The largest absolute Gasteiger partial charge is 0.494 e. The molecule has 6 heteroatoms. The minimum Gasteiger partial charge on any atom is -0.494 e. The molecule has 0 radical (unpaired) electrons. The molecule has 2 aromatic carbocycles. The third-order valence-corrected chi connectivity index (χ3v) is 5.24. The molecule has 0 spiro atoms. The van der Waals surface area contributed by atoms with E-state index in [2.05, 4.69) is 37.3 Å². The van der Waals surface area contributed by atoms with Gasteiger partial charge in [-0.15, -0.1) is 0 Å². The van der Waals surface area contributed by atoms with Gasteiger partial charge in [0.25, 0.3) is 0 Å². The number of pyridine rings is 1. The van der Waals surface area contributed by atoms with Crippen molar-refractivity contribution in [2.45, 2.75) is 13.8 Å². The van der Waals surface area contributed by atoms with E-state index in [1.807, 2.05) is 50.2 Å². The first kappa shape index (κ1) is 16.3. The maximum atomic E-state index is 5.64. The van der Waals surface area contributed by atoms with E-state index in [4.69, 9.17) is 4.74 Å². The van der Waals surface area contributed by atoms with Crippen LogP contribution in [-0.2, 0) is 0 Å². The normalized spacial score (nSPS) is 11.2. The van der Waals surface area contributed by atoms with Gasteiger partial charge in [0.1, 0.15) is 5.75 Å². The van der Waals surface area contributed by atoms with E-state index in [0.29, 0.717) is 6.61 Å². The smallest absolute Gasteiger partial charge is 0.188 e. The lowest BCUT2D eigenvalue weighted by atomic mass is 10.1. The number of nitrogens with one attached hydrogen (secondary N) is 1. The highest BCUT2D eigenvalue weighted by Gasteiger charge is 2.09. The summed E-state index contributed by atoms with van der Waals surface area (Å²) in [5, 5.41) is 5.35. The van der Waals surface area contributed by atoms with Crippen LogP contribution in [0.3, 0.4) is 0 Å². The first-order valence-corrected chi connectivity index (χ1v) is 9.60. The third-order valence-electron chi connectivity index (χ3n) is 3.81. The Kier molecular flexibility index (Phi) is 4.31. The zero-order valence-electron chi connectivity index (χ0n) is 13.8. The van der Waals surface area contributed by atoms with Gasteiger partial charge in [-0.05, 0) is 56.3 Å². The molecule has 2 aromatic heterocycles. The molecule has 126 valence electrons. The van der Waals surface area contributed by atoms with Crippen LogP contribution >= 0.6 is 27.3 Å². The summed E-state index contributed by atoms with van der Waals surface area (Å²) in [6, 6.07) is 14.1. The maximum Gasteiger partial charge on any atom is 0.188 e. The quantitative estimate of drug-likeness (QED) is 0.441. The summed E-state index contributed by atoms with van der Waals surface area (Å²) in [4.78, 5) is 9.29. The molecule has 0 aliphatic heterocycles. The number of nitrogens with zero attached hydrogens (tertiary/aromatic N) is 2. The Morgan fingerprint density at radius 1 is 1.08 bits per heavy atom. The average molecular weight is 414 g/mol. The van der Waals surface area contributed by atoms with Gasteiger partial charge in [0, 0.05) is 15.6 Å². The monoisotopic (exact) mass is 413 g/mol. The fourth-order valence-corrected chi connectivity index (χ4v) is 4.19. The number of benzene rings is 2. The number of fused-ring (bicyclic) bond motifs is 2. The summed E-state index contributed by atoms with van der Waals surface area (Å²) in [7, 11) is 0. The van der Waals surface area contributed by atoms with Crippen LogP contribution in [0.5, 0.6) is 5.75 Å². The summed E-state index contributed by atoms with van der Waals surface area (Å²) in [5.74, 6) is 0.844. The first-order valence-electron chi connectivity index (χ1n) is 7.99. The summed E-state index contributed by atoms with van der Waals surface area (Å²) in [6.45, 7) is 4.62. The van der Waals surface area contributed by atoms with Gasteiger partial charge < -0.3 is 10.1 Å². The van der Waals surface area contributed by atoms with Crippen molar-refractivity contribution in [2.24, 2.45) is 0 Å². The molecule has 0 fully saturated rings. The van der Waals surface area contributed by atoms with Crippen LogP contribution in [0, 0.1) is 6.92 Å². The standard InChI is InChI=1S/C19H16BrN3OS/c1-3-24-13-5-7-15-14(10-13)17(8-11(2)21-15)23-19-22-16-6-4-12(20)9-18(16)25-19/h4-10H,3H2,1-2H3,(H,21,22,23). The van der Waals surface area contributed by atoms with Crippen molar-refractivity contribution in [3.8, 4) is 5.75 Å². The predicted molar refractivity (Wildman–Crippen MR) is 108 cm³/mol. The molecule has 0 atom stereocenters. The Labute approximate surface area is 158 Å². The molecule has 4 aromatic rings. The highest BCUT2D eigenvalue weighted by Crippen LogP contribution is 2.33. The van der Waals surface area contributed by atoms with E-state index >= 15 is 0 Å². The van der Waals surface area contributed by atoms with Crippen molar-refractivity contribution in [1.29, 1.82) is 0 Å². The number of hydrogen-bond donors (Lipinski definition) is 1. The van der Waals surface area contributed by atoms with Crippen molar-refractivity contribution in [1.82, 2.24) is 9.97 Å². The highest BCUT2D eigenvalue weighted by atomic mass is 79.9. The summed E-state index contributed by atoms with van der Waals surface area (Å²) < 4.78 is 7.83. The molecule has 0 bridgehead atoms. The van der Waals surface area contributed by atoms with Gasteiger partial charge >= 0.3 is 0 Å². The van der Waals surface area contributed by atoms with E-state index < -0.39 is 0 Å². The van der Waals surface area contributed by atoms with E-state index in [9.17, 15) is 0 Å². The number of rotatable bonds is 4. The summed E-state index contributed by atoms with van der Waals surface area (Å²) in [5.41, 5.74) is 3.88. The van der Waals surface area contributed by atoms with Crippen LogP contribution in [0.2, 0.25) is 0 Å². The highest BCUT2D eigenvalue weighted by molar-refractivity contribution is 9.10. The maximum absolute atomic E-state index is 5.64. The van der Waals surface area contributed by atoms with Crippen LogP contribution in [0.4, 0.5) is 10.8 Å². The molecule has 0 aliphatic rings. The van der Waals surface area contributed by atoms with Crippen molar-refractivity contribution in [3.05, 3.63) is 52.6 Å². The zero-order chi connectivity index (χ0) is 17.4. The minimum atomic E-state index is 0.639. The second-order valence-electron chi connectivity index (χ2n) is 5.68. The summed E-state index contributed by atoms with van der Waals surface area (Å²) >= 11 is 5.14. The molecule has 0 saturated heterocycles. The number of hydrogen-bond acceptors (Lipinski definition) is 5. The van der Waals surface area contributed by atoms with Gasteiger partial charge in [-0.3, -0.25) is 4.98 Å². The van der Waals surface area contributed by atoms with Gasteiger partial charge in [0.05, 0.1) is 28.0 Å². The van der Waals surface area contributed by atoms with E-state index in [1.165, 1.54) is 0 Å². The number of aromatic nitrogens is 2. The van der Waals surface area contributed by atoms with Crippen LogP contribution in [0.15, 0.2) is 46.9 Å². The van der Waals surface area contributed by atoms with Gasteiger partial charge in [0.15, 0.2) is 5.13 Å². The van der Waals surface area contributed by atoms with Gasteiger partial charge in [-0.25, -0.2) is 4.98 Å². The number of halogens is 1. The van der Waals surface area contributed by atoms with Crippen molar-refractivity contribution < 1.29 is 4.74 Å². The third kappa shape index (κ3) is 3.32. The van der Waals surface area contributed by atoms with Crippen LogP contribution < -0.4 is 10.1 Å². The SMILES string of the molecule is CCOc1ccc2nc(C)cc(Nc3nc4ccc(Br)cc4s3)c2c1. The molecule has 0 unspecified atom stereocenters. The number of anilines is 2. The summed E-state index contributed by atoms with van der Waals surface area (Å²) in [6.07, 6.45) is 0. The molecule has 0 aliphatic carbocycles. The minimum absolute atomic E-state index is 0.639. The molecule has 1 N–H and O–H groups in total. The molecule has 4 rings (SSSR count). The fourth-order valence-electron chi connectivity index (χ4n) is 2.76. The Morgan fingerprint density at radius 3 is 2.76 bits per heavy atom. The predicted octanol–water partition coefficient (Wildman–Crippen LogP) is 6.06. The van der Waals surface area contributed by atoms with Gasteiger partial charge in [0.2, 0.25) is 0 Å². The van der Waals surface area contributed by atoms with Gasteiger partial charge in [-0.2, -0.15) is 0 Å². The first-order chi connectivity index (χ1) is 12.1. The van der Waals surface area contributed by atoms with E-state index in [0.717, 1.165) is 47.9 Å². The van der Waals surface area contributed by atoms with Gasteiger partial charge in [-0.1, -0.05) is 27.3 Å². The lowest BCUT2D eigenvalue weighted by Crippen LogP contribution is -1.96. The molecule has 4 nitrogen and oxygen atoms in total. The lowest BCUT2D eigenvalue weighted by Gasteiger charge is -2.10. The number of aryl methyl sites for hydroxylation is 1. The Balaban J connectivity index is 1.79. The molecule has 2 heterocycles. The topological polar surface area (TPSA) is 47.0 Å². The molecule has 0 saturated carbocycles. The van der Waals surface area contributed by atoms with Crippen molar-refractivity contribution in [2.75, 3.05) is 11.9 Å². The number of ether oxygens (including phenoxy) is 1. The zero-order valence-corrected chi connectivity index (χ0v) is 16.2. The molecular formula is C19H16BrN3OS. The van der Waals surface area contributed by atoms with Crippen molar-refractivity contribution in [3.63, 3.8) is 0 Å².